The summed E-state index contributed by atoms with van der Waals surface area (Å²) in [5.74, 6) is -0.689. The lowest BCUT2D eigenvalue weighted by molar-refractivity contribution is -0.137. The molecule has 1 aliphatic rings. The van der Waals surface area contributed by atoms with Gasteiger partial charge in [-0.3, -0.25) is 15.0 Å². The van der Waals surface area contributed by atoms with E-state index in [0.717, 1.165) is 5.56 Å². The molecule has 0 bridgehead atoms. The summed E-state index contributed by atoms with van der Waals surface area (Å²) >= 11 is 6.42. The third-order valence-electron chi connectivity index (χ3n) is 4.71. The van der Waals surface area contributed by atoms with E-state index in [1.54, 1.807) is 47.4 Å². The minimum atomic E-state index is -0.882. The van der Waals surface area contributed by atoms with E-state index in [2.05, 4.69) is 0 Å². The lowest BCUT2D eigenvalue weighted by atomic mass is 10.0. The van der Waals surface area contributed by atoms with Gasteiger partial charge in [0.15, 0.2) is 0 Å². The van der Waals surface area contributed by atoms with Gasteiger partial charge in [-0.05, 0) is 42.3 Å². The number of amidine groups is 1. The largest absolute Gasteiger partial charge is 0.498 e. The molecular formula is C21H21Cl2N3O4. The molecule has 2 aromatic rings. The van der Waals surface area contributed by atoms with E-state index in [-0.39, 0.29) is 37.1 Å². The smallest absolute Gasteiger partial charge is 0.303 e. The number of nitrogens with zero attached hydrogens (tertiary/aromatic N) is 1. The molecule has 4 N–H and O–H groups in total. The van der Waals surface area contributed by atoms with Crippen LogP contribution in [0, 0.1) is 5.41 Å². The van der Waals surface area contributed by atoms with Gasteiger partial charge >= 0.3 is 5.97 Å². The van der Waals surface area contributed by atoms with Crippen molar-refractivity contribution in [2.45, 2.75) is 12.8 Å². The van der Waals surface area contributed by atoms with Gasteiger partial charge in [-0.25, -0.2) is 0 Å². The monoisotopic (exact) mass is 449 g/mol. The van der Waals surface area contributed by atoms with Crippen molar-refractivity contribution in [3.8, 4) is 0 Å². The Hall–Kier alpha value is -3.03. The highest BCUT2D eigenvalue weighted by molar-refractivity contribution is 6.37. The summed E-state index contributed by atoms with van der Waals surface area (Å²) in [4.78, 5) is 25.5. The van der Waals surface area contributed by atoms with E-state index in [1.807, 2.05) is 0 Å². The first kappa shape index (κ1) is 23.3. The SMILES string of the molecule is COC1=C(c2ccc(CCC(=O)O)cc2Cl)C(=O)N(c2ccc(C(=N)N)cc2)C1.Cl. The van der Waals surface area contributed by atoms with Gasteiger partial charge in [0.05, 0.1) is 19.2 Å². The summed E-state index contributed by atoms with van der Waals surface area (Å²) in [6.07, 6.45) is 0.360. The standard InChI is InChI=1S/C21H20ClN3O4.ClH/c1-29-17-11-25(14-6-4-13(5-7-14)20(23)24)21(28)19(17)15-8-2-12(10-16(15)22)3-9-18(26)27;/h2,4-8,10H,3,9,11H2,1H3,(H3,23,24)(H,26,27);1H. The first-order valence-corrected chi connectivity index (χ1v) is 9.23. The van der Waals surface area contributed by atoms with Crippen molar-refractivity contribution in [1.29, 1.82) is 5.41 Å². The van der Waals surface area contributed by atoms with Gasteiger partial charge in [0, 0.05) is 28.3 Å². The predicted octanol–water partition coefficient (Wildman–Crippen LogP) is 3.47. The Balaban J connectivity index is 0.00000320. The quantitative estimate of drug-likeness (QED) is 0.441. The van der Waals surface area contributed by atoms with Crippen LogP contribution in [-0.4, -0.2) is 36.5 Å². The van der Waals surface area contributed by atoms with Gasteiger partial charge in [0.2, 0.25) is 0 Å². The van der Waals surface area contributed by atoms with Crippen LogP contribution in [0.2, 0.25) is 5.02 Å². The molecule has 0 saturated carbocycles. The van der Waals surface area contributed by atoms with E-state index in [4.69, 9.17) is 32.6 Å². The summed E-state index contributed by atoms with van der Waals surface area (Å²) in [5, 5.41) is 16.7. The number of rotatable bonds is 7. The Morgan fingerprint density at radius 3 is 2.47 bits per heavy atom. The van der Waals surface area contributed by atoms with Gasteiger partial charge in [0.25, 0.3) is 5.91 Å². The van der Waals surface area contributed by atoms with Crippen molar-refractivity contribution >= 4 is 53.0 Å². The molecule has 1 heterocycles. The number of anilines is 1. The molecular weight excluding hydrogens is 429 g/mol. The number of amides is 1. The number of methoxy groups -OCH3 is 1. The lowest BCUT2D eigenvalue weighted by Crippen LogP contribution is -2.26. The number of aliphatic carboxylic acids is 1. The second-order valence-electron chi connectivity index (χ2n) is 6.56. The number of ether oxygens (including phenoxy) is 1. The van der Waals surface area contributed by atoms with Crippen molar-refractivity contribution in [2.75, 3.05) is 18.6 Å². The molecule has 0 atom stereocenters. The number of carboxylic acid groups (broad SMARTS) is 1. The van der Waals surface area contributed by atoms with Crippen molar-refractivity contribution in [3.63, 3.8) is 0 Å². The normalized spacial score (nSPS) is 13.3. The molecule has 0 spiro atoms. The second kappa shape index (κ2) is 9.65. The van der Waals surface area contributed by atoms with Crippen LogP contribution in [0.4, 0.5) is 5.69 Å². The maximum Gasteiger partial charge on any atom is 0.303 e. The summed E-state index contributed by atoms with van der Waals surface area (Å²) < 4.78 is 5.45. The zero-order valence-corrected chi connectivity index (χ0v) is 17.7. The molecule has 30 heavy (non-hydrogen) atoms. The highest BCUT2D eigenvalue weighted by Gasteiger charge is 2.34. The fourth-order valence-corrected chi connectivity index (χ4v) is 3.48. The molecule has 0 aromatic heterocycles. The molecule has 0 fully saturated rings. The topological polar surface area (TPSA) is 117 Å². The van der Waals surface area contributed by atoms with Crippen LogP contribution in [0.15, 0.2) is 48.2 Å². The molecule has 1 aliphatic heterocycles. The van der Waals surface area contributed by atoms with Gasteiger partial charge < -0.3 is 20.5 Å². The van der Waals surface area contributed by atoms with Crippen LogP contribution in [-0.2, 0) is 20.7 Å². The average molecular weight is 450 g/mol. The number of hydrogen-bond acceptors (Lipinski definition) is 4. The Morgan fingerprint density at radius 1 is 1.27 bits per heavy atom. The van der Waals surface area contributed by atoms with E-state index < -0.39 is 5.97 Å². The Kier molecular flexibility index (Phi) is 7.48. The number of carbonyl (C=O) groups is 2. The molecule has 0 saturated heterocycles. The van der Waals surface area contributed by atoms with E-state index in [0.29, 0.717) is 39.6 Å². The zero-order chi connectivity index (χ0) is 21.1. The minimum absolute atomic E-state index is 0. The van der Waals surface area contributed by atoms with Crippen LogP contribution >= 0.6 is 24.0 Å². The lowest BCUT2D eigenvalue weighted by Gasteiger charge is -2.17. The summed E-state index contributed by atoms with van der Waals surface area (Å²) in [7, 11) is 1.50. The number of nitrogens with two attached hydrogens (primary N) is 1. The third kappa shape index (κ3) is 4.75. The van der Waals surface area contributed by atoms with Crippen LogP contribution in [0.5, 0.6) is 0 Å². The van der Waals surface area contributed by atoms with Gasteiger partial charge in [0.1, 0.15) is 11.6 Å². The molecule has 0 aliphatic carbocycles. The number of nitrogen functional groups attached to an aromatic ring is 1. The van der Waals surface area contributed by atoms with Crippen molar-refractivity contribution in [2.24, 2.45) is 5.73 Å². The fourth-order valence-electron chi connectivity index (χ4n) is 3.18. The maximum absolute atomic E-state index is 13.1. The molecule has 0 radical (unpaired) electrons. The summed E-state index contributed by atoms with van der Waals surface area (Å²) in [6.45, 7) is 0.251. The van der Waals surface area contributed by atoms with Gasteiger partial charge in [-0.2, -0.15) is 0 Å². The van der Waals surface area contributed by atoms with Crippen molar-refractivity contribution < 1.29 is 19.4 Å². The molecule has 158 valence electrons. The molecule has 2 aromatic carbocycles. The van der Waals surface area contributed by atoms with Crippen molar-refractivity contribution in [1.82, 2.24) is 0 Å². The number of hydrogen-bond donors (Lipinski definition) is 3. The second-order valence-corrected chi connectivity index (χ2v) is 6.97. The third-order valence-corrected chi connectivity index (χ3v) is 5.02. The Morgan fingerprint density at radius 2 is 1.93 bits per heavy atom. The first-order valence-electron chi connectivity index (χ1n) is 8.86. The minimum Gasteiger partial charge on any atom is -0.498 e. The number of benzene rings is 2. The highest BCUT2D eigenvalue weighted by Crippen LogP contribution is 2.36. The number of carboxylic acids is 1. The Labute approximate surface area is 185 Å². The van der Waals surface area contributed by atoms with Gasteiger partial charge in [-0.15, -0.1) is 12.4 Å². The van der Waals surface area contributed by atoms with Crippen LogP contribution in [0.3, 0.4) is 0 Å². The fraction of sp³-hybridized carbons (Fsp3) is 0.190. The van der Waals surface area contributed by atoms with E-state index >= 15 is 0 Å². The number of halogens is 2. The highest BCUT2D eigenvalue weighted by atomic mass is 35.5. The Bertz CT molecular complexity index is 1020. The molecule has 7 nitrogen and oxygen atoms in total. The predicted molar refractivity (Wildman–Crippen MR) is 118 cm³/mol. The maximum atomic E-state index is 13.1. The number of aryl methyl sites for hydroxylation is 1. The van der Waals surface area contributed by atoms with Crippen LogP contribution in [0.25, 0.3) is 5.57 Å². The van der Waals surface area contributed by atoms with Crippen molar-refractivity contribution in [3.05, 3.63) is 69.9 Å². The summed E-state index contributed by atoms with van der Waals surface area (Å²) in [6, 6.07) is 12.0. The van der Waals surface area contributed by atoms with Crippen LogP contribution < -0.4 is 10.6 Å². The van der Waals surface area contributed by atoms with Gasteiger partial charge in [-0.1, -0.05) is 23.7 Å². The first-order chi connectivity index (χ1) is 13.8. The number of nitrogens with one attached hydrogen (secondary N) is 1. The molecule has 0 unspecified atom stereocenters. The average Bonchev–Trinajstić information content (AvgIpc) is 3.02. The molecule has 1 amide bonds. The molecule has 3 rings (SSSR count). The number of carbonyl (C=O) groups excluding carboxylic acids is 1. The zero-order valence-electron chi connectivity index (χ0n) is 16.1. The van der Waals surface area contributed by atoms with E-state index in [1.165, 1.54) is 7.11 Å². The van der Waals surface area contributed by atoms with Crippen LogP contribution in [0.1, 0.15) is 23.1 Å². The summed E-state index contributed by atoms with van der Waals surface area (Å²) in [5.41, 5.74) is 8.39. The molecule has 9 heteroatoms. The van der Waals surface area contributed by atoms with E-state index in [9.17, 15) is 9.59 Å².